The molecule has 0 aromatic carbocycles. The molecule has 1 heterocycles. The molecule has 0 atom stereocenters. The summed E-state index contributed by atoms with van der Waals surface area (Å²) in [6, 6.07) is 0. The number of aryl methyl sites for hydroxylation is 1. The number of hydrogen-bond acceptors (Lipinski definition) is 5. The van der Waals surface area contributed by atoms with Gasteiger partial charge < -0.3 is 10.0 Å². The molecule has 1 amide bonds. The molecular formula is C10H15N3O3S. The maximum Gasteiger partial charge on any atom is 0.323 e. The summed E-state index contributed by atoms with van der Waals surface area (Å²) in [6.07, 6.45) is 0. The Kier molecular flexibility index (Phi) is 4.56. The van der Waals surface area contributed by atoms with Gasteiger partial charge in [0.2, 0.25) is 0 Å². The Labute approximate surface area is 103 Å². The van der Waals surface area contributed by atoms with Crippen molar-refractivity contribution >= 4 is 23.4 Å². The van der Waals surface area contributed by atoms with Gasteiger partial charge in [-0.05, 0) is 24.4 Å². The second kappa shape index (κ2) is 5.72. The van der Waals surface area contributed by atoms with Crippen molar-refractivity contribution in [1.82, 2.24) is 14.5 Å². The summed E-state index contributed by atoms with van der Waals surface area (Å²) in [5, 5.41) is 12.5. The maximum atomic E-state index is 12.1. The Hall–Kier alpha value is -1.50. The Morgan fingerprint density at radius 3 is 2.53 bits per heavy atom. The van der Waals surface area contributed by atoms with Crippen LogP contribution in [0, 0.1) is 12.8 Å². The molecule has 0 aliphatic carbocycles. The zero-order valence-electron chi connectivity index (χ0n) is 10.0. The zero-order chi connectivity index (χ0) is 13.0. The van der Waals surface area contributed by atoms with E-state index in [-0.39, 0.29) is 18.4 Å². The fraction of sp³-hybridized carbons (Fsp3) is 0.600. The molecule has 1 aromatic rings. The first-order valence-corrected chi connectivity index (χ1v) is 5.99. The van der Waals surface area contributed by atoms with Crippen LogP contribution in [0.5, 0.6) is 0 Å². The van der Waals surface area contributed by atoms with Crippen LogP contribution in [0.25, 0.3) is 0 Å². The van der Waals surface area contributed by atoms with E-state index >= 15 is 0 Å². The number of carboxylic acid groups (broad SMARTS) is 1. The topological polar surface area (TPSA) is 83.4 Å². The summed E-state index contributed by atoms with van der Waals surface area (Å²) in [5.41, 5.74) is 0.541. The van der Waals surface area contributed by atoms with Crippen molar-refractivity contribution in [3.8, 4) is 0 Å². The van der Waals surface area contributed by atoms with Gasteiger partial charge in [-0.25, -0.2) is 0 Å². The van der Waals surface area contributed by atoms with Crippen molar-refractivity contribution in [2.45, 2.75) is 20.8 Å². The molecule has 1 rings (SSSR count). The standard InChI is InChI=1S/C10H15N3O3S/c1-6(2)4-13(5-8(14)15)10(16)9-7(3)11-12-17-9/h6H,4-5H2,1-3H3,(H,14,15). The summed E-state index contributed by atoms with van der Waals surface area (Å²) in [5.74, 6) is -1.12. The Morgan fingerprint density at radius 2 is 2.12 bits per heavy atom. The van der Waals surface area contributed by atoms with Gasteiger partial charge in [0.1, 0.15) is 11.4 Å². The van der Waals surface area contributed by atoms with Gasteiger partial charge in [-0.15, -0.1) is 5.10 Å². The van der Waals surface area contributed by atoms with Gasteiger partial charge in [-0.3, -0.25) is 9.59 Å². The lowest BCUT2D eigenvalue weighted by Gasteiger charge is -2.21. The molecule has 1 aromatic heterocycles. The highest BCUT2D eigenvalue weighted by Gasteiger charge is 2.23. The number of carbonyl (C=O) groups excluding carboxylic acids is 1. The molecular weight excluding hydrogens is 242 g/mol. The second-order valence-corrected chi connectivity index (χ2v) is 4.91. The van der Waals surface area contributed by atoms with E-state index in [2.05, 4.69) is 9.59 Å². The third-order valence-electron chi connectivity index (χ3n) is 2.04. The van der Waals surface area contributed by atoms with Gasteiger partial charge in [0, 0.05) is 6.54 Å². The van der Waals surface area contributed by atoms with Gasteiger partial charge in [-0.2, -0.15) is 0 Å². The van der Waals surface area contributed by atoms with E-state index < -0.39 is 5.97 Å². The van der Waals surface area contributed by atoms with E-state index in [0.717, 1.165) is 11.5 Å². The number of rotatable bonds is 5. The number of carboxylic acids is 1. The summed E-state index contributed by atoms with van der Waals surface area (Å²) < 4.78 is 3.68. The largest absolute Gasteiger partial charge is 0.480 e. The predicted molar refractivity (Wildman–Crippen MR) is 63.0 cm³/mol. The minimum Gasteiger partial charge on any atom is -0.480 e. The van der Waals surface area contributed by atoms with Crippen molar-refractivity contribution in [1.29, 1.82) is 0 Å². The first kappa shape index (κ1) is 13.6. The lowest BCUT2D eigenvalue weighted by Crippen LogP contribution is -2.38. The fourth-order valence-electron chi connectivity index (χ4n) is 1.39. The average molecular weight is 257 g/mol. The van der Waals surface area contributed by atoms with Crippen LogP contribution < -0.4 is 0 Å². The lowest BCUT2D eigenvalue weighted by atomic mass is 10.2. The van der Waals surface area contributed by atoms with Gasteiger partial charge in [0.15, 0.2) is 0 Å². The molecule has 0 fully saturated rings. The van der Waals surface area contributed by atoms with Crippen molar-refractivity contribution in [2.75, 3.05) is 13.1 Å². The van der Waals surface area contributed by atoms with Crippen LogP contribution in [0.1, 0.15) is 29.2 Å². The second-order valence-electron chi connectivity index (χ2n) is 4.16. The molecule has 0 aliphatic heterocycles. The van der Waals surface area contributed by atoms with E-state index in [4.69, 9.17) is 5.11 Å². The molecule has 0 radical (unpaired) electrons. The lowest BCUT2D eigenvalue weighted by molar-refractivity contribution is -0.137. The molecule has 7 heteroatoms. The highest BCUT2D eigenvalue weighted by Crippen LogP contribution is 2.13. The van der Waals surface area contributed by atoms with E-state index in [0.29, 0.717) is 17.1 Å². The summed E-state index contributed by atoms with van der Waals surface area (Å²) in [6.45, 7) is 5.65. The van der Waals surface area contributed by atoms with Crippen LogP contribution in [0.15, 0.2) is 0 Å². The third-order valence-corrected chi connectivity index (χ3v) is 2.86. The number of aromatic nitrogens is 2. The smallest absolute Gasteiger partial charge is 0.323 e. The fourth-order valence-corrected chi connectivity index (χ4v) is 2.02. The van der Waals surface area contributed by atoms with Crippen LogP contribution in [0.2, 0.25) is 0 Å². The van der Waals surface area contributed by atoms with Crippen LogP contribution in [0.4, 0.5) is 0 Å². The van der Waals surface area contributed by atoms with E-state index in [1.807, 2.05) is 13.8 Å². The van der Waals surface area contributed by atoms with Crippen LogP contribution >= 0.6 is 11.5 Å². The van der Waals surface area contributed by atoms with E-state index in [1.54, 1.807) is 6.92 Å². The first-order chi connectivity index (χ1) is 7.91. The zero-order valence-corrected chi connectivity index (χ0v) is 10.8. The minimum atomic E-state index is -1.02. The Bertz CT molecular complexity index is 417. The van der Waals surface area contributed by atoms with Crippen LogP contribution in [-0.2, 0) is 4.79 Å². The molecule has 0 unspecified atom stereocenters. The minimum absolute atomic E-state index is 0.208. The van der Waals surface area contributed by atoms with Crippen molar-refractivity contribution < 1.29 is 14.7 Å². The average Bonchev–Trinajstić information content (AvgIpc) is 2.61. The molecule has 6 nitrogen and oxygen atoms in total. The normalized spacial score (nSPS) is 10.6. The molecule has 0 bridgehead atoms. The molecule has 0 saturated carbocycles. The molecule has 1 N–H and O–H groups in total. The molecule has 94 valence electrons. The predicted octanol–water partition coefficient (Wildman–Crippen LogP) is 1.03. The van der Waals surface area contributed by atoms with Crippen molar-refractivity contribution in [2.24, 2.45) is 5.92 Å². The summed E-state index contributed by atoms with van der Waals surface area (Å²) in [4.78, 5) is 24.5. The SMILES string of the molecule is Cc1nnsc1C(=O)N(CC(=O)O)CC(C)C. The van der Waals surface area contributed by atoms with Crippen LogP contribution in [-0.4, -0.2) is 44.6 Å². The van der Waals surface area contributed by atoms with Gasteiger partial charge in [0.25, 0.3) is 5.91 Å². The van der Waals surface area contributed by atoms with Crippen molar-refractivity contribution in [3.63, 3.8) is 0 Å². The van der Waals surface area contributed by atoms with Crippen LogP contribution in [0.3, 0.4) is 0 Å². The first-order valence-electron chi connectivity index (χ1n) is 5.21. The highest BCUT2D eigenvalue weighted by atomic mass is 32.1. The Morgan fingerprint density at radius 1 is 1.47 bits per heavy atom. The van der Waals surface area contributed by atoms with Crippen molar-refractivity contribution in [3.05, 3.63) is 10.6 Å². The molecule has 17 heavy (non-hydrogen) atoms. The van der Waals surface area contributed by atoms with Gasteiger partial charge in [0.05, 0.1) is 5.69 Å². The summed E-state index contributed by atoms with van der Waals surface area (Å²) >= 11 is 0.995. The number of nitrogens with zero attached hydrogens (tertiary/aromatic N) is 3. The molecule has 0 saturated heterocycles. The van der Waals surface area contributed by atoms with Gasteiger partial charge >= 0.3 is 5.97 Å². The maximum absolute atomic E-state index is 12.1. The van der Waals surface area contributed by atoms with E-state index in [9.17, 15) is 9.59 Å². The summed E-state index contributed by atoms with van der Waals surface area (Å²) in [7, 11) is 0. The van der Waals surface area contributed by atoms with E-state index in [1.165, 1.54) is 4.90 Å². The number of carbonyl (C=O) groups is 2. The number of aliphatic carboxylic acids is 1. The molecule has 0 aliphatic rings. The monoisotopic (exact) mass is 257 g/mol. The van der Waals surface area contributed by atoms with Gasteiger partial charge in [-0.1, -0.05) is 18.3 Å². The number of hydrogen-bond donors (Lipinski definition) is 1. The Balaban J connectivity index is 2.86. The quantitative estimate of drug-likeness (QED) is 0.851. The number of amides is 1. The highest BCUT2D eigenvalue weighted by molar-refractivity contribution is 7.07. The third kappa shape index (κ3) is 3.77. The molecule has 0 spiro atoms.